The Kier molecular flexibility index (Phi) is 5.15. The number of benzene rings is 7. The van der Waals surface area contributed by atoms with Gasteiger partial charge >= 0.3 is 0 Å². The third-order valence-corrected chi connectivity index (χ3v) is 8.73. The summed E-state index contributed by atoms with van der Waals surface area (Å²) in [5.41, 5.74) is 12.5. The fourth-order valence-corrected chi connectivity index (χ4v) is 6.57. The van der Waals surface area contributed by atoms with Crippen LogP contribution < -0.4 is 0 Å². The van der Waals surface area contributed by atoms with Crippen LogP contribution in [0, 0.1) is 6.92 Å². The van der Waals surface area contributed by atoms with Crippen LogP contribution in [0.15, 0.2) is 120 Å². The predicted octanol–water partition coefficient (Wildman–Crippen LogP) is 10.5. The van der Waals surface area contributed by atoms with E-state index in [9.17, 15) is 0 Å². The van der Waals surface area contributed by atoms with Crippen molar-refractivity contribution in [2.75, 3.05) is 0 Å². The highest BCUT2D eigenvalue weighted by Crippen LogP contribution is 2.44. The molecule has 7 aromatic carbocycles. The summed E-state index contributed by atoms with van der Waals surface area (Å²) in [6, 6.07) is 42.9. The van der Waals surface area contributed by atoms with Crippen LogP contribution in [0.1, 0.15) is 29.2 Å². The Balaban J connectivity index is 1.46. The van der Waals surface area contributed by atoms with Crippen LogP contribution in [-0.4, -0.2) is 5.71 Å². The van der Waals surface area contributed by atoms with Gasteiger partial charge < -0.3 is 0 Å². The van der Waals surface area contributed by atoms with Crippen LogP contribution in [0.4, 0.5) is 5.69 Å². The third kappa shape index (κ3) is 3.51. The molecule has 0 aliphatic carbocycles. The van der Waals surface area contributed by atoms with Gasteiger partial charge in [-0.05, 0) is 91.2 Å². The van der Waals surface area contributed by atoms with Crippen LogP contribution in [0.25, 0.3) is 54.6 Å². The molecule has 0 spiro atoms. The molecule has 1 heteroatoms. The van der Waals surface area contributed by atoms with Gasteiger partial charge in [0.05, 0.1) is 11.4 Å². The van der Waals surface area contributed by atoms with Gasteiger partial charge in [0.15, 0.2) is 0 Å². The third-order valence-electron chi connectivity index (χ3n) is 8.73. The minimum atomic E-state index is 0.864. The van der Waals surface area contributed by atoms with Gasteiger partial charge in [0, 0.05) is 12.0 Å². The first kappa shape index (κ1) is 23.2. The zero-order chi connectivity index (χ0) is 26.8. The van der Waals surface area contributed by atoms with E-state index in [-0.39, 0.29) is 0 Å². The number of hydrogen-bond acceptors (Lipinski definition) is 1. The highest BCUT2D eigenvalue weighted by Gasteiger charge is 2.22. The molecule has 0 amide bonds. The molecule has 0 saturated carbocycles. The maximum atomic E-state index is 5.16. The Labute approximate surface area is 234 Å². The quantitative estimate of drug-likeness (QED) is 0.208. The van der Waals surface area contributed by atoms with Gasteiger partial charge in [-0.25, -0.2) is 0 Å². The van der Waals surface area contributed by atoms with E-state index in [0.717, 1.165) is 24.2 Å². The molecule has 1 aliphatic rings. The van der Waals surface area contributed by atoms with Gasteiger partial charge in [0.1, 0.15) is 0 Å². The second-order valence-electron chi connectivity index (χ2n) is 11.1. The molecule has 0 aromatic heterocycles. The topological polar surface area (TPSA) is 12.4 Å². The summed E-state index contributed by atoms with van der Waals surface area (Å²) in [4.78, 5) is 5.16. The van der Waals surface area contributed by atoms with Gasteiger partial charge in [-0.1, -0.05) is 116 Å². The second kappa shape index (κ2) is 8.89. The zero-order valence-corrected chi connectivity index (χ0v) is 22.8. The SMILES string of the molecule is CCc1ccc(-c2cc(C3=Nc4ccccc4C3)c3ccc4c(-c5ccc(C)cc5)ccc5ccc2c3c54)cc1. The van der Waals surface area contributed by atoms with Crippen molar-refractivity contribution in [2.24, 2.45) is 4.99 Å². The maximum absolute atomic E-state index is 5.16. The van der Waals surface area contributed by atoms with Gasteiger partial charge in [0.25, 0.3) is 0 Å². The van der Waals surface area contributed by atoms with Crippen molar-refractivity contribution in [2.45, 2.75) is 26.7 Å². The molecule has 1 nitrogen and oxygen atoms in total. The Hall–Kier alpha value is -4.75. The monoisotopic (exact) mass is 511 g/mol. The van der Waals surface area contributed by atoms with Gasteiger partial charge in [-0.15, -0.1) is 0 Å². The van der Waals surface area contributed by atoms with E-state index in [0.29, 0.717) is 0 Å². The highest BCUT2D eigenvalue weighted by molar-refractivity contribution is 6.31. The summed E-state index contributed by atoms with van der Waals surface area (Å²) in [6.45, 7) is 4.36. The fraction of sp³-hybridized carbons (Fsp3) is 0.103. The molecule has 0 bridgehead atoms. The number of fused-ring (bicyclic) bond motifs is 1. The molecule has 1 heterocycles. The average Bonchev–Trinajstić information content (AvgIpc) is 3.44. The number of nitrogens with zero attached hydrogens (tertiary/aromatic N) is 1. The van der Waals surface area contributed by atoms with E-state index < -0.39 is 0 Å². The van der Waals surface area contributed by atoms with E-state index in [1.807, 2.05) is 0 Å². The van der Waals surface area contributed by atoms with Crippen molar-refractivity contribution < 1.29 is 0 Å². The van der Waals surface area contributed by atoms with E-state index in [1.165, 1.54) is 76.8 Å². The van der Waals surface area contributed by atoms with Crippen LogP contribution in [0.2, 0.25) is 0 Å². The Morgan fingerprint density at radius 2 is 1.25 bits per heavy atom. The van der Waals surface area contributed by atoms with Crippen LogP contribution in [-0.2, 0) is 12.8 Å². The first-order valence-electron chi connectivity index (χ1n) is 14.2. The normalized spacial score (nSPS) is 12.9. The Morgan fingerprint density at radius 1 is 0.600 bits per heavy atom. The summed E-state index contributed by atoms with van der Waals surface area (Å²) >= 11 is 0. The van der Waals surface area contributed by atoms with Crippen molar-refractivity contribution in [1.29, 1.82) is 0 Å². The minimum absolute atomic E-state index is 0.864. The lowest BCUT2D eigenvalue weighted by Crippen LogP contribution is -2.03. The molecular formula is C39H29N. The molecule has 1 aliphatic heterocycles. The Bertz CT molecular complexity index is 2090. The maximum Gasteiger partial charge on any atom is 0.0669 e. The minimum Gasteiger partial charge on any atom is -0.252 e. The molecule has 0 saturated heterocycles. The summed E-state index contributed by atoms with van der Waals surface area (Å²) in [5.74, 6) is 0. The number of aryl methyl sites for hydroxylation is 2. The molecule has 8 rings (SSSR count). The smallest absolute Gasteiger partial charge is 0.0669 e. The first-order chi connectivity index (χ1) is 19.7. The standard InChI is InChI=1S/C39H29N/c1-3-25-10-14-27(15-11-25)34-23-35(37-22-29-6-4-5-7-36(29)40-37)33-21-20-31-30(26-12-8-24(2)9-13-26)18-16-28-17-19-32(34)39(33)38(28)31/h4-21,23H,3,22H2,1-2H3. The average molecular weight is 512 g/mol. The van der Waals surface area contributed by atoms with Crippen molar-refractivity contribution in [3.05, 3.63) is 138 Å². The molecule has 0 unspecified atom stereocenters. The first-order valence-corrected chi connectivity index (χ1v) is 14.2. The summed E-state index contributed by atoms with van der Waals surface area (Å²) in [6.07, 6.45) is 1.91. The van der Waals surface area contributed by atoms with E-state index >= 15 is 0 Å². The van der Waals surface area contributed by atoms with Gasteiger partial charge in [-0.3, -0.25) is 4.99 Å². The molecule has 0 radical (unpaired) electrons. The fourth-order valence-electron chi connectivity index (χ4n) is 6.57. The zero-order valence-electron chi connectivity index (χ0n) is 22.8. The lowest BCUT2D eigenvalue weighted by atomic mass is 9.84. The van der Waals surface area contributed by atoms with E-state index in [2.05, 4.69) is 129 Å². The summed E-state index contributed by atoms with van der Waals surface area (Å²) in [5, 5.41) is 7.87. The molecule has 0 atom stereocenters. The number of hydrogen-bond donors (Lipinski definition) is 0. The van der Waals surface area contributed by atoms with Gasteiger partial charge in [-0.2, -0.15) is 0 Å². The van der Waals surface area contributed by atoms with Crippen LogP contribution >= 0.6 is 0 Å². The number of rotatable bonds is 4. The Morgan fingerprint density at radius 3 is 2.02 bits per heavy atom. The predicted molar refractivity (Wildman–Crippen MR) is 171 cm³/mol. The van der Waals surface area contributed by atoms with Crippen LogP contribution in [0.3, 0.4) is 0 Å². The summed E-state index contributed by atoms with van der Waals surface area (Å²) in [7, 11) is 0. The lowest BCUT2D eigenvalue weighted by molar-refractivity contribution is 1.14. The molecule has 0 fully saturated rings. The molecular weight excluding hydrogens is 482 g/mol. The van der Waals surface area contributed by atoms with Crippen molar-refractivity contribution in [1.82, 2.24) is 0 Å². The largest absolute Gasteiger partial charge is 0.252 e. The molecule has 7 aromatic rings. The highest BCUT2D eigenvalue weighted by atomic mass is 14.8. The molecule has 40 heavy (non-hydrogen) atoms. The van der Waals surface area contributed by atoms with Crippen molar-refractivity contribution in [3.8, 4) is 22.3 Å². The second-order valence-corrected chi connectivity index (χ2v) is 11.1. The van der Waals surface area contributed by atoms with E-state index in [1.54, 1.807) is 0 Å². The number of aliphatic imine (C=N–C) groups is 1. The van der Waals surface area contributed by atoms with Gasteiger partial charge in [0.2, 0.25) is 0 Å². The summed E-state index contributed by atoms with van der Waals surface area (Å²) < 4.78 is 0. The van der Waals surface area contributed by atoms with Crippen molar-refractivity contribution >= 4 is 43.7 Å². The van der Waals surface area contributed by atoms with Crippen molar-refractivity contribution in [3.63, 3.8) is 0 Å². The van der Waals surface area contributed by atoms with E-state index in [4.69, 9.17) is 4.99 Å². The molecule has 0 N–H and O–H groups in total. The lowest BCUT2D eigenvalue weighted by Gasteiger charge is -2.19. The van der Waals surface area contributed by atoms with Crippen LogP contribution in [0.5, 0.6) is 0 Å². The molecule has 190 valence electrons. The number of para-hydroxylation sites is 1.